The van der Waals surface area contributed by atoms with Crippen LogP contribution in [0.15, 0.2) is 36.1 Å². The largest absolute Gasteiger partial charge is 0.379 e. The average Bonchev–Trinajstić information content (AvgIpc) is 3.04. The van der Waals surface area contributed by atoms with Crippen molar-refractivity contribution in [3.05, 3.63) is 41.7 Å². The Hall–Kier alpha value is -1.46. The van der Waals surface area contributed by atoms with Gasteiger partial charge in [0, 0.05) is 29.9 Å². The van der Waals surface area contributed by atoms with Gasteiger partial charge in [0.25, 0.3) is 0 Å². The Bertz CT molecular complexity index is 474. The number of pyridine rings is 1. The van der Waals surface area contributed by atoms with Gasteiger partial charge in [0.15, 0.2) is 5.13 Å². The van der Waals surface area contributed by atoms with E-state index >= 15 is 0 Å². The Labute approximate surface area is 110 Å². The molecule has 1 N–H and O–H groups in total. The second-order valence-corrected chi connectivity index (χ2v) is 5.34. The quantitative estimate of drug-likeness (QED) is 0.916. The highest BCUT2D eigenvalue weighted by atomic mass is 32.1. The molecular weight excluding hydrogens is 246 g/mol. The summed E-state index contributed by atoms with van der Waals surface area (Å²) in [5.74, 6) is 0.497. The molecule has 4 nitrogen and oxygen atoms in total. The molecule has 3 heterocycles. The Kier molecular flexibility index (Phi) is 3.52. The van der Waals surface area contributed by atoms with E-state index in [-0.39, 0.29) is 0 Å². The fourth-order valence-corrected chi connectivity index (χ4v) is 2.83. The van der Waals surface area contributed by atoms with Crippen LogP contribution in [0.1, 0.15) is 5.56 Å². The van der Waals surface area contributed by atoms with Crippen molar-refractivity contribution in [2.75, 3.05) is 18.5 Å². The minimum atomic E-state index is 0.351. The Morgan fingerprint density at radius 1 is 1.28 bits per heavy atom. The molecule has 1 aliphatic rings. The number of thiazole rings is 1. The van der Waals surface area contributed by atoms with Crippen LogP contribution in [0.2, 0.25) is 0 Å². The van der Waals surface area contributed by atoms with Gasteiger partial charge in [-0.25, -0.2) is 4.98 Å². The average molecular weight is 261 g/mol. The van der Waals surface area contributed by atoms with Gasteiger partial charge in [-0.1, -0.05) is 0 Å². The number of hydrogen-bond acceptors (Lipinski definition) is 5. The van der Waals surface area contributed by atoms with Crippen molar-refractivity contribution in [1.29, 1.82) is 0 Å². The molecule has 2 aromatic heterocycles. The molecular formula is C13H15N3OS. The Morgan fingerprint density at radius 3 is 2.94 bits per heavy atom. The molecule has 0 aromatic carbocycles. The second-order valence-electron chi connectivity index (χ2n) is 4.45. The van der Waals surface area contributed by atoms with Gasteiger partial charge in [0.1, 0.15) is 0 Å². The summed E-state index contributed by atoms with van der Waals surface area (Å²) in [5, 5.41) is 6.42. The smallest absolute Gasteiger partial charge is 0.182 e. The van der Waals surface area contributed by atoms with Crippen LogP contribution in [0.25, 0.3) is 0 Å². The molecule has 1 saturated heterocycles. The van der Waals surface area contributed by atoms with Crippen LogP contribution in [0.5, 0.6) is 0 Å². The number of rotatable bonds is 4. The number of anilines is 1. The minimum Gasteiger partial charge on any atom is -0.379 e. The van der Waals surface area contributed by atoms with Gasteiger partial charge < -0.3 is 10.1 Å². The molecule has 0 unspecified atom stereocenters. The van der Waals surface area contributed by atoms with Crippen LogP contribution in [0.4, 0.5) is 5.13 Å². The Balaban J connectivity index is 1.64. The summed E-state index contributed by atoms with van der Waals surface area (Å²) < 4.78 is 5.59. The maximum absolute atomic E-state index is 5.59. The van der Waals surface area contributed by atoms with Crippen molar-refractivity contribution in [3.63, 3.8) is 0 Å². The highest BCUT2D eigenvalue weighted by Crippen LogP contribution is 2.23. The van der Waals surface area contributed by atoms with Crippen LogP contribution in [-0.2, 0) is 11.2 Å². The lowest BCUT2D eigenvalue weighted by atomic mass is 9.95. The summed E-state index contributed by atoms with van der Waals surface area (Å²) in [6.45, 7) is 1.57. The molecule has 0 aliphatic carbocycles. The molecule has 2 aromatic rings. The zero-order valence-corrected chi connectivity index (χ0v) is 10.8. The SMILES string of the molecule is c1cc(C[C@@H]2COC[C@H]2Nc2nccs2)ccn1. The lowest BCUT2D eigenvalue weighted by Crippen LogP contribution is -2.29. The van der Waals surface area contributed by atoms with Gasteiger partial charge in [-0.15, -0.1) is 11.3 Å². The van der Waals surface area contributed by atoms with E-state index in [1.807, 2.05) is 24.0 Å². The van der Waals surface area contributed by atoms with Crippen LogP contribution in [0, 0.1) is 5.92 Å². The van der Waals surface area contributed by atoms with Crippen LogP contribution in [0.3, 0.4) is 0 Å². The molecule has 1 aliphatic heterocycles. The molecule has 1 fully saturated rings. The van der Waals surface area contributed by atoms with Crippen molar-refractivity contribution in [2.45, 2.75) is 12.5 Å². The number of nitrogens with one attached hydrogen (secondary N) is 1. The molecule has 0 bridgehead atoms. The van der Waals surface area contributed by atoms with Gasteiger partial charge >= 0.3 is 0 Å². The molecule has 5 heteroatoms. The standard InChI is InChI=1S/C13H15N3OS/c1-3-14-4-2-10(1)7-11-8-17-9-12(11)16-13-15-5-6-18-13/h1-6,11-12H,7-9H2,(H,15,16)/t11-,12-/m1/s1. The number of ether oxygens (including phenoxy) is 1. The maximum Gasteiger partial charge on any atom is 0.182 e. The molecule has 0 spiro atoms. The molecule has 0 saturated carbocycles. The first kappa shape index (κ1) is 11.6. The van der Waals surface area contributed by atoms with E-state index in [1.165, 1.54) is 5.56 Å². The van der Waals surface area contributed by atoms with E-state index in [0.717, 1.165) is 24.8 Å². The fraction of sp³-hybridized carbons (Fsp3) is 0.385. The third-order valence-corrected chi connectivity index (χ3v) is 3.89. The van der Waals surface area contributed by atoms with E-state index in [2.05, 4.69) is 27.4 Å². The van der Waals surface area contributed by atoms with Gasteiger partial charge in [-0.05, 0) is 24.1 Å². The van der Waals surface area contributed by atoms with Crippen molar-refractivity contribution in [2.24, 2.45) is 5.92 Å². The lowest BCUT2D eigenvalue weighted by Gasteiger charge is -2.18. The third kappa shape index (κ3) is 2.68. The first-order valence-electron chi connectivity index (χ1n) is 6.04. The van der Waals surface area contributed by atoms with Gasteiger partial charge in [0.2, 0.25) is 0 Å². The first-order chi connectivity index (χ1) is 8.92. The summed E-state index contributed by atoms with van der Waals surface area (Å²) in [6, 6.07) is 4.49. The molecule has 2 atom stereocenters. The second kappa shape index (κ2) is 5.46. The van der Waals surface area contributed by atoms with Gasteiger partial charge in [0.05, 0.1) is 19.3 Å². The summed E-state index contributed by atoms with van der Waals surface area (Å²) in [4.78, 5) is 8.31. The minimum absolute atomic E-state index is 0.351. The highest BCUT2D eigenvalue weighted by Gasteiger charge is 2.28. The van der Waals surface area contributed by atoms with Crippen LogP contribution < -0.4 is 5.32 Å². The zero-order valence-electron chi connectivity index (χ0n) is 9.95. The van der Waals surface area contributed by atoms with Gasteiger partial charge in [-0.3, -0.25) is 4.98 Å². The van der Waals surface area contributed by atoms with E-state index < -0.39 is 0 Å². The number of hydrogen-bond donors (Lipinski definition) is 1. The van der Waals surface area contributed by atoms with Crippen molar-refractivity contribution in [1.82, 2.24) is 9.97 Å². The third-order valence-electron chi connectivity index (χ3n) is 3.19. The topological polar surface area (TPSA) is 47.0 Å². The molecule has 0 amide bonds. The van der Waals surface area contributed by atoms with Crippen LogP contribution >= 0.6 is 11.3 Å². The summed E-state index contributed by atoms with van der Waals surface area (Å²) in [5.41, 5.74) is 1.31. The fourth-order valence-electron chi connectivity index (χ4n) is 2.23. The Morgan fingerprint density at radius 2 is 2.17 bits per heavy atom. The summed E-state index contributed by atoms with van der Waals surface area (Å²) >= 11 is 1.63. The summed E-state index contributed by atoms with van der Waals surface area (Å²) in [6.07, 6.45) is 6.52. The van der Waals surface area contributed by atoms with E-state index in [0.29, 0.717) is 12.0 Å². The lowest BCUT2D eigenvalue weighted by molar-refractivity contribution is 0.185. The normalized spacial score (nSPS) is 23.1. The van der Waals surface area contributed by atoms with E-state index in [9.17, 15) is 0 Å². The zero-order chi connectivity index (χ0) is 12.2. The monoisotopic (exact) mass is 261 g/mol. The van der Waals surface area contributed by atoms with Gasteiger partial charge in [-0.2, -0.15) is 0 Å². The maximum atomic E-state index is 5.59. The van der Waals surface area contributed by atoms with E-state index in [1.54, 1.807) is 11.3 Å². The highest BCUT2D eigenvalue weighted by molar-refractivity contribution is 7.13. The number of aromatic nitrogens is 2. The molecule has 3 rings (SSSR count). The predicted molar refractivity (Wildman–Crippen MR) is 71.8 cm³/mol. The van der Waals surface area contributed by atoms with Crippen molar-refractivity contribution in [3.8, 4) is 0 Å². The van der Waals surface area contributed by atoms with Crippen LogP contribution in [-0.4, -0.2) is 29.2 Å². The predicted octanol–water partition coefficient (Wildman–Crippen LogP) is 2.21. The molecule has 94 valence electrons. The first-order valence-corrected chi connectivity index (χ1v) is 6.92. The summed E-state index contributed by atoms with van der Waals surface area (Å²) in [7, 11) is 0. The van der Waals surface area contributed by atoms with E-state index in [4.69, 9.17) is 4.74 Å². The number of nitrogens with zero attached hydrogens (tertiary/aromatic N) is 2. The van der Waals surface area contributed by atoms with Crippen molar-refractivity contribution < 1.29 is 4.74 Å². The molecule has 18 heavy (non-hydrogen) atoms. The molecule has 0 radical (unpaired) electrons. The van der Waals surface area contributed by atoms with Crippen molar-refractivity contribution >= 4 is 16.5 Å².